The summed E-state index contributed by atoms with van der Waals surface area (Å²) in [7, 11) is 3.63. The Bertz CT molecular complexity index is 363. The number of nitrogens with zero attached hydrogens (tertiary/aromatic N) is 4. The molecule has 0 heterocycles. The van der Waals surface area contributed by atoms with Crippen molar-refractivity contribution in [2.45, 2.75) is 0 Å². The van der Waals surface area contributed by atoms with Crippen LogP contribution < -0.4 is 0 Å². The Morgan fingerprint density at radius 2 is 1.71 bits per heavy atom. The third kappa shape index (κ3) is 3.43. The summed E-state index contributed by atoms with van der Waals surface area (Å²) in [5.41, 5.74) is 1.55. The molecule has 72 valence electrons. The summed E-state index contributed by atoms with van der Waals surface area (Å²) < 4.78 is 0. The van der Waals surface area contributed by atoms with Crippen LogP contribution in [0.1, 0.15) is 0 Å². The van der Waals surface area contributed by atoms with Crippen molar-refractivity contribution in [1.82, 2.24) is 5.01 Å². The van der Waals surface area contributed by atoms with E-state index >= 15 is 0 Å². The van der Waals surface area contributed by atoms with Crippen LogP contribution in [-0.4, -0.2) is 24.3 Å². The molecule has 1 rings (SSSR count). The van der Waals surface area contributed by atoms with Crippen molar-refractivity contribution in [3.8, 4) is 0 Å². The van der Waals surface area contributed by atoms with Crippen LogP contribution in [0.3, 0.4) is 0 Å². The van der Waals surface area contributed by atoms with Crippen LogP contribution in [0.2, 0.25) is 0 Å². The summed E-state index contributed by atoms with van der Waals surface area (Å²) in [6.07, 6.45) is 0. The summed E-state index contributed by atoms with van der Waals surface area (Å²) in [6, 6.07) is 7.25. The number of hydrogen-bond acceptors (Lipinski definition) is 4. The van der Waals surface area contributed by atoms with E-state index in [1.807, 2.05) is 38.4 Å². The van der Waals surface area contributed by atoms with Gasteiger partial charge in [0.2, 0.25) is 0 Å². The molecule has 0 saturated heterocycles. The van der Waals surface area contributed by atoms with Gasteiger partial charge in [0.25, 0.3) is 0 Å². The van der Waals surface area contributed by atoms with E-state index < -0.39 is 0 Å². The van der Waals surface area contributed by atoms with Crippen molar-refractivity contribution in [3.05, 3.63) is 24.3 Å². The first-order valence-electron chi connectivity index (χ1n) is 3.99. The number of thiocarbonyl (C=S) groups is 1. The van der Waals surface area contributed by atoms with Crippen molar-refractivity contribution in [1.29, 1.82) is 0 Å². The summed E-state index contributed by atoms with van der Waals surface area (Å²) in [6.45, 7) is 0. The topological polar surface area (TPSA) is 40.3 Å². The lowest BCUT2D eigenvalue weighted by Gasteiger charge is -2.00. The van der Waals surface area contributed by atoms with Gasteiger partial charge >= 0.3 is 0 Å². The van der Waals surface area contributed by atoms with Crippen LogP contribution in [0, 0.1) is 0 Å². The van der Waals surface area contributed by atoms with Crippen molar-refractivity contribution >= 4 is 28.8 Å². The lowest BCUT2D eigenvalue weighted by atomic mass is 10.3. The first-order valence-corrected chi connectivity index (χ1v) is 4.40. The second-order valence-corrected chi connectivity index (χ2v) is 2.94. The van der Waals surface area contributed by atoms with Gasteiger partial charge in [-0.15, -0.1) is 5.11 Å². The summed E-state index contributed by atoms with van der Waals surface area (Å²) >= 11 is 4.49. The molecule has 1 aromatic rings. The van der Waals surface area contributed by atoms with E-state index in [0.29, 0.717) is 0 Å². The van der Waals surface area contributed by atoms with Crippen LogP contribution in [0.15, 0.2) is 39.6 Å². The minimum absolute atomic E-state index is 0.767. The maximum Gasteiger partial charge on any atom is 0.0875 e. The Balaban J connectivity index is 2.78. The van der Waals surface area contributed by atoms with Gasteiger partial charge in [-0.3, -0.25) is 5.01 Å². The molecule has 0 aliphatic rings. The number of rotatable bonds is 3. The van der Waals surface area contributed by atoms with E-state index in [9.17, 15) is 0 Å². The van der Waals surface area contributed by atoms with Gasteiger partial charge in [0, 0.05) is 14.1 Å². The van der Waals surface area contributed by atoms with Gasteiger partial charge in [0.1, 0.15) is 0 Å². The number of aliphatic imine (C=N–C) groups is 1. The maximum absolute atomic E-state index is 4.49. The molecule has 4 nitrogen and oxygen atoms in total. The number of benzene rings is 1. The van der Waals surface area contributed by atoms with Crippen LogP contribution in [0.4, 0.5) is 11.4 Å². The van der Waals surface area contributed by atoms with E-state index in [-0.39, 0.29) is 0 Å². The highest BCUT2D eigenvalue weighted by atomic mass is 32.1. The molecule has 0 bridgehead atoms. The van der Waals surface area contributed by atoms with Gasteiger partial charge in [-0.2, -0.15) is 4.99 Å². The lowest BCUT2D eigenvalue weighted by Crippen LogP contribution is -1.98. The SMILES string of the molecule is CN(C)N=Nc1ccc(N=C=S)cc1. The molecule has 0 atom stereocenters. The number of isothiocyanates is 1. The second-order valence-electron chi connectivity index (χ2n) is 2.76. The molecule has 0 radical (unpaired) electrons. The van der Waals surface area contributed by atoms with E-state index in [1.54, 1.807) is 5.01 Å². The van der Waals surface area contributed by atoms with E-state index in [0.717, 1.165) is 11.4 Å². The van der Waals surface area contributed by atoms with Gasteiger partial charge < -0.3 is 0 Å². The van der Waals surface area contributed by atoms with E-state index in [1.165, 1.54) is 0 Å². The zero-order valence-electron chi connectivity index (χ0n) is 8.01. The highest BCUT2D eigenvalue weighted by Gasteiger charge is 1.90. The molecular formula is C9H10N4S. The Morgan fingerprint density at radius 1 is 1.14 bits per heavy atom. The molecule has 0 spiro atoms. The second kappa shape index (κ2) is 5.21. The zero-order chi connectivity index (χ0) is 10.4. The third-order valence-corrected chi connectivity index (χ3v) is 1.45. The number of hydrogen-bond donors (Lipinski definition) is 0. The van der Waals surface area contributed by atoms with Crippen molar-refractivity contribution in [2.75, 3.05) is 14.1 Å². The summed E-state index contributed by atoms with van der Waals surface area (Å²) in [5.74, 6) is 0. The molecule has 14 heavy (non-hydrogen) atoms. The fourth-order valence-electron chi connectivity index (χ4n) is 0.788. The Labute approximate surface area is 88.0 Å². The first-order chi connectivity index (χ1) is 6.72. The van der Waals surface area contributed by atoms with Crippen molar-refractivity contribution in [3.63, 3.8) is 0 Å². The van der Waals surface area contributed by atoms with Crippen LogP contribution >= 0.6 is 12.2 Å². The van der Waals surface area contributed by atoms with Crippen LogP contribution in [0.25, 0.3) is 0 Å². The minimum Gasteiger partial charge on any atom is -0.285 e. The largest absolute Gasteiger partial charge is 0.285 e. The molecule has 0 unspecified atom stereocenters. The standard InChI is InChI=1S/C9H10N4S/c1-13(2)12-11-9-5-3-8(4-6-9)10-7-14/h3-6H,1-2H3. The van der Waals surface area contributed by atoms with Crippen molar-refractivity contribution < 1.29 is 0 Å². The average molecular weight is 206 g/mol. The quantitative estimate of drug-likeness (QED) is 0.330. The van der Waals surface area contributed by atoms with Gasteiger partial charge in [-0.05, 0) is 36.5 Å². The monoisotopic (exact) mass is 206 g/mol. The van der Waals surface area contributed by atoms with Gasteiger partial charge in [0.15, 0.2) is 0 Å². The summed E-state index contributed by atoms with van der Waals surface area (Å²) in [4.78, 5) is 3.83. The van der Waals surface area contributed by atoms with Gasteiger partial charge in [-0.1, -0.05) is 5.22 Å². The Hall–Kier alpha value is -1.58. The minimum atomic E-state index is 0.767. The fraction of sp³-hybridized carbons (Fsp3) is 0.222. The molecule has 1 aromatic carbocycles. The molecule has 0 N–H and O–H groups in total. The van der Waals surface area contributed by atoms with Gasteiger partial charge in [-0.25, -0.2) is 0 Å². The fourth-order valence-corrected chi connectivity index (χ4v) is 0.893. The molecule has 0 fully saturated rings. The highest BCUT2D eigenvalue weighted by molar-refractivity contribution is 7.78. The molecule has 0 aliphatic carbocycles. The zero-order valence-corrected chi connectivity index (χ0v) is 8.82. The van der Waals surface area contributed by atoms with Crippen LogP contribution in [-0.2, 0) is 0 Å². The first kappa shape index (κ1) is 10.5. The molecule has 0 saturated carbocycles. The van der Waals surface area contributed by atoms with Crippen LogP contribution in [0.5, 0.6) is 0 Å². The lowest BCUT2D eigenvalue weighted by molar-refractivity contribution is 0.408. The third-order valence-electron chi connectivity index (χ3n) is 1.36. The van der Waals surface area contributed by atoms with Gasteiger partial charge in [0.05, 0.1) is 16.5 Å². The molecular weight excluding hydrogens is 196 g/mol. The molecule has 0 aliphatic heterocycles. The average Bonchev–Trinajstić information content (AvgIpc) is 2.17. The normalized spacial score (nSPS) is 9.86. The Kier molecular flexibility index (Phi) is 3.91. The predicted octanol–water partition coefficient (Wildman–Crippen LogP) is 2.98. The molecule has 0 aromatic heterocycles. The maximum atomic E-state index is 4.49. The Morgan fingerprint density at radius 3 is 2.21 bits per heavy atom. The summed E-state index contributed by atoms with van der Waals surface area (Å²) in [5, 5.41) is 11.8. The molecule has 0 amide bonds. The molecule has 5 heteroatoms. The highest BCUT2D eigenvalue weighted by Crippen LogP contribution is 2.18. The van der Waals surface area contributed by atoms with E-state index in [2.05, 4.69) is 32.7 Å². The predicted molar refractivity (Wildman–Crippen MR) is 59.3 cm³/mol. The van der Waals surface area contributed by atoms with E-state index in [4.69, 9.17) is 0 Å². The smallest absolute Gasteiger partial charge is 0.0875 e. The van der Waals surface area contributed by atoms with Crippen molar-refractivity contribution in [2.24, 2.45) is 15.3 Å².